The highest BCUT2D eigenvalue weighted by Gasteiger charge is 2.05. The molecule has 0 heterocycles. The van der Waals surface area contributed by atoms with Crippen molar-refractivity contribution in [3.63, 3.8) is 0 Å². The van der Waals surface area contributed by atoms with Crippen LogP contribution >= 0.6 is 0 Å². The minimum Gasteiger partial charge on any atom is -0.396 e. The highest BCUT2D eigenvalue weighted by atomic mass is 16.2. The molecule has 3 N–H and O–H groups in total. The number of amides is 2. The van der Waals surface area contributed by atoms with Crippen LogP contribution < -0.4 is 10.6 Å². The highest BCUT2D eigenvalue weighted by Crippen LogP contribution is 2.10. The van der Waals surface area contributed by atoms with Crippen molar-refractivity contribution >= 4 is 17.5 Å². The van der Waals surface area contributed by atoms with E-state index in [1.165, 1.54) is 6.92 Å². The Morgan fingerprint density at radius 2 is 1.90 bits per heavy atom. The van der Waals surface area contributed by atoms with E-state index in [4.69, 9.17) is 5.11 Å². The topological polar surface area (TPSA) is 78.4 Å². The van der Waals surface area contributed by atoms with E-state index >= 15 is 0 Å². The van der Waals surface area contributed by atoms with Gasteiger partial charge in [0.15, 0.2) is 0 Å². The summed E-state index contributed by atoms with van der Waals surface area (Å²) in [7, 11) is 0. The molecule has 0 saturated heterocycles. The van der Waals surface area contributed by atoms with Crippen molar-refractivity contribution < 1.29 is 14.7 Å². The molecule has 1 aromatic carbocycles. The Morgan fingerprint density at radius 1 is 1.15 bits per heavy atom. The number of rotatable bonds is 8. The van der Waals surface area contributed by atoms with Crippen molar-refractivity contribution in [1.29, 1.82) is 0 Å². The Kier molecular flexibility index (Phi) is 7.35. The van der Waals surface area contributed by atoms with Gasteiger partial charge in [0.25, 0.3) is 5.91 Å². The van der Waals surface area contributed by atoms with Crippen LogP contribution in [0, 0.1) is 0 Å². The van der Waals surface area contributed by atoms with Gasteiger partial charge < -0.3 is 15.7 Å². The Morgan fingerprint density at radius 3 is 2.60 bits per heavy atom. The monoisotopic (exact) mass is 278 g/mol. The lowest BCUT2D eigenvalue weighted by Crippen LogP contribution is -2.24. The Labute approximate surface area is 119 Å². The summed E-state index contributed by atoms with van der Waals surface area (Å²) in [6.45, 7) is 2.27. The molecule has 0 unspecified atom stereocenters. The molecular weight excluding hydrogens is 256 g/mol. The lowest BCUT2D eigenvalue weighted by Gasteiger charge is -2.07. The van der Waals surface area contributed by atoms with Crippen LogP contribution in [-0.4, -0.2) is 30.1 Å². The van der Waals surface area contributed by atoms with Gasteiger partial charge in [-0.1, -0.05) is 18.9 Å². The zero-order valence-corrected chi connectivity index (χ0v) is 11.8. The fourth-order valence-electron chi connectivity index (χ4n) is 1.84. The molecule has 0 aliphatic rings. The summed E-state index contributed by atoms with van der Waals surface area (Å²) in [6, 6.07) is 6.85. The number of hydrogen-bond donors (Lipinski definition) is 3. The summed E-state index contributed by atoms with van der Waals surface area (Å²) < 4.78 is 0. The number of aliphatic hydroxyl groups is 1. The first kappa shape index (κ1) is 16.2. The molecule has 5 heteroatoms. The molecule has 0 aliphatic heterocycles. The van der Waals surface area contributed by atoms with Gasteiger partial charge in [-0.2, -0.15) is 0 Å². The fourth-order valence-corrected chi connectivity index (χ4v) is 1.84. The van der Waals surface area contributed by atoms with Crippen LogP contribution in [0.1, 0.15) is 43.0 Å². The third-order valence-electron chi connectivity index (χ3n) is 2.82. The van der Waals surface area contributed by atoms with Gasteiger partial charge in [-0.15, -0.1) is 0 Å². The average molecular weight is 278 g/mol. The first-order chi connectivity index (χ1) is 9.63. The largest absolute Gasteiger partial charge is 0.396 e. The van der Waals surface area contributed by atoms with Crippen LogP contribution in [0.25, 0.3) is 0 Å². The summed E-state index contributed by atoms with van der Waals surface area (Å²) in [5.74, 6) is -0.300. The quantitative estimate of drug-likeness (QED) is 0.636. The number of hydrogen-bond acceptors (Lipinski definition) is 3. The Balaban J connectivity index is 2.37. The van der Waals surface area contributed by atoms with Crippen molar-refractivity contribution in [3.05, 3.63) is 29.8 Å². The third kappa shape index (κ3) is 6.33. The van der Waals surface area contributed by atoms with Gasteiger partial charge in [-0.3, -0.25) is 9.59 Å². The van der Waals surface area contributed by atoms with Gasteiger partial charge in [0.05, 0.1) is 0 Å². The van der Waals surface area contributed by atoms with Crippen molar-refractivity contribution in [1.82, 2.24) is 5.32 Å². The summed E-state index contributed by atoms with van der Waals surface area (Å²) in [5, 5.41) is 14.1. The van der Waals surface area contributed by atoms with Crippen LogP contribution in [0.2, 0.25) is 0 Å². The minimum absolute atomic E-state index is 0.139. The molecule has 5 nitrogen and oxygen atoms in total. The lowest BCUT2D eigenvalue weighted by atomic mass is 10.1. The zero-order valence-electron chi connectivity index (χ0n) is 11.8. The molecule has 1 aromatic rings. The number of carbonyl (C=O) groups excluding carboxylic acids is 2. The van der Waals surface area contributed by atoms with Gasteiger partial charge >= 0.3 is 0 Å². The van der Waals surface area contributed by atoms with E-state index < -0.39 is 0 Å². The molecule has 0 radical (unpaired) electrons. The normalized spacial score (nSPS) is 10.1. The molecule has 0 spiro atoms. The van der Waals surface area contributed by atoms with E-state index in [9.17, 15) is 9.59 Å². The van der Waals surface area contributed by atoms with Crippen LogP contribution in [0.15, 0.2) is 24.3 Å². The Hall–Kier alpha value is -1.88. The van der Waals surface area contributed by atoms with Gasteiger partial charge in [0.2, 0.25) is 5.91 Å². The van der Waals surface area contributed by atoms with Crippen LogP contribution in [-0.2, 0) is 4.79 Å². The lowest BCUT2D eigenvalue weighted by molar-refractivity contribution is -0.114. The second-order valence-corrected chi connectivity index (χ2v) is 4.66. The molecule has 0 atom stereocenters. The Bertz CT molecular complexity index is 446. The maximum absolute atomic E-state index is 11.9. The molecule has 2 amide bonds. The number of nitrogens with one attached hydrogen (secondary N) is 2. The van der Waals surface area contributed by atoms with E-state index in [0.717, 1.165) is 25.7 Å². The van der Waals surface area contributed by atoms with Crippen molar-refractivity contribution in [3.8, 4) is 0 Å². The molecule has 0 fully saturated rings. The third-order valence-corrected chi connectivity index (χ3v) is 2.82. The molecule has 0 saturated carbocycles. The van der Waals surface area contributed by atoms with Gasteiger partial charge in [-0.25, -0.2) is 0 Å². The number of benzene rings is 1. The predicted octanol–water partition coefficient (Wildman–Crippen LogP) is 1.93. The maximum Gasteiger partial charge on any atom is 0.251 e. The van der Waals surface area contributed by atoms with Crippen molar-refractivity contribution in [2.75, 3.05) is 18.5 Å². The minimum atomic E-state index is -0.161. The fraction of sp³-hybridized carbons (Fsp3) is 0.467. The molecule has 1 rings (SSSR count). The average Bonchev–Trinajstić information content (AvgIpc) is 2.42. The van der Waals surface area contributed by atoms with E-state index in [2.05, 4.69) is 10.6 Å². The second-order valence-electron chi connectivity index (χ2n) is 4.66. The van der Waals surface area contributed by atoms with Crippen molar-refractivity contribution in [2.45, 2.75) is 32.6 Å². The number of aliphatic hydroxyl groups excluding tert-OH is 1. The summed E-state index contributed by atoms with van der Waals surface area (Å²) in [4.78, 5) is 22.9. The van der Waals surface area contributed by atoms with Crippen molar-refractivity contribution in [2.24, 2.45) is 0 Å². The van der Waals surface area contributed by atoms with Crippen LogP contribution in [0.4, 0.5) is 5.69 Å². The van der Waals surface area contributed by atoms with E-state index in [1.54, 1.807) is 24.3 Å². The number of unbranched alkanes of at least 4 members (excludes halogenated alkanes) is 3. The zero-order chi connectivity index (χ0) is 14.8. The first-order valence-electron chi connectivity index (χ1n) is 6.90. The summed E-state index contributed by atoms with van der Waals surface area (Å²) in [5.41, 5.74) is 1.15. The van der Waals surface area contributed by atoms with Gasteiger partial charge in [0, 0.05) is 31.3 Å². The standard InChI is InChI=1S/C15H22N2O3/c1-12(19)17-14-8-6-7-13(11-14)15(20)16-9-4-2-3-5-10-18/h6-8,11,18H,2-5,9-10H2,1H3,(H,16,20)(H,17,19). The molecule has 110 valence electrons. The van der Waals surface area contributed by atoms with Gasteiger partial charge in [0.1, 0.15) is 0 Å². The summed E-state index contributed by atoms with van der Waals surface area (Å²) >= 11 is 0. The molecule has 20 heavy (non-hydrogen) atoms. The smallest absolute Gasteiger partial charge is 0.251 e. The SMILES string of the molecule is CC(=O)Nc1cccc(C(=O)NCCCCCCO)c1. The molecule has 0 aromatic heterocycles. The number of carbonyl (C=O) groups is 2. The molecule has 0 bridgehead atoms. The second kappa shape index (κ2) is 9.09. The predicted molar refractivity (Wildman–Crippen MR) is 78.6 cm³/mol. The van der Waals surface area contributed by atoms with Gasteiger partial charge in [-0.05, 0) is 31.0 Å². The van der Waals surface area contributed by atoms with E-state index in [0.29, 0.717) is 17.8 Å². The van der Waals surface area contributed by atoms with E-state index in [-0.39, 0.29) is 18.4 Å². The first-order valence-corrected chi connectivity index (χ1v) is 6.90. The number of anilines is 1. The summed E-state index contributed by atoms with van der Waals surface area (Å²) in [6.07, 6.45) is 3.68. The molecular formula is C15H22N2O3. The van der Waals surface area contributed by atoms with Crippen LogP contribution in [0.3, 0.4) is 0 Å². The van der Waals surface area contributed by atoms with E-state index in [1.807, 2.05) is 0 Å². The van der Waals surface area contributed by atoms with Crippen LogP contribution in [0.5, 0.6) is 0 Å². The maximum atomic E-state index is 11.9. The highest BCUT2D eigenvalue weighted by molar-refractivity contribution is 5.96. The molecule has 0 aliphatic carbocycles.